The molecule has 1 aromatic carbocycles. The molecule has 1 rings (SSSR count). The largest absolute Gasteiger partial charge is 0.506 e. The normalized spacial score (nSPS) is 9.31. The highest BCUT2D eigenvalue weighted by atomic mass is 16.3. The molecular weight excluding hydrogens is 166 g/mol. The number of carbonyl (C=O) groups is 1. The van der Waals surface area contributed by atoms with Crippen molar-refractivity contribution in [3.63, 3.8) is 0 Å². The predicted molar refractivity (Wildman–Crippen MR) is 51.7 cm³/mol. The summed E-state index contributed by atoms with van der Waals surface area (Å²) in [5.74, 6) is -0.269. The summed E-state index contributed by atoms with van der Waals surface area (Å²) < 4.78 is 0. The Labute approximate surface area is 76.7 Å². The zero-order chi connectivity index (χ0) is 9.84. The van der Waals surface area contributed by atoms with Crippen molar-refractivity contribution in [3.8, 4) is 5.75 Å². The van der Waals surface area contributed by atoms with Crippen molar-refractivity contribution in [2.45, 2.75) is 6.92 Å². The monoisotopic (exact) mass is 177 g/mol. The van der Waals surface area contributed by atoms with Crippen LogP contribution in [0.5, 0.6) is 5.75 Å². The smallest absolute Gasteiger partial charge is 0.247 e. The summed E-state index contributed by atoms with van der Waals surface area (Å²) in [4.78, 5) is 10.9. The maximum atomic E-state index is 10.9. The summed E-state index contributed by atoms with van der Waals surface area (Å²) in [5, 5.41) is 11.9. The van der Waals surface area contributed by atoms with Gasteiger partial charge in [-0.05, 0) is 30.7 Å². The van der Waals surface area contributed by atoms with Gasteiger partial charge in [0, 0.05) is 0 Å². The lowest BCUT2D eigenvalue weighted by molar-refractivity contribution is -0.111. The summed E-state index contributed by atoms with van der Waals surface area (Å²) in [7, 11) is 0. The van der Waals surface area contributed by atoms with Crippen LogP contribution in [0.3, 0.4) is 0 Å². The number of nitrogens with one attached hydrogen (secondary N) is 1. The second-order valence-electron chi connectivity index (χ2n) is 2.71. The van der Waals surface area contributed by atoms with E-state index in [1.807, 2.05) is 6.92 Å². The van der Waals surface area contributed by atoms with E-state index >= 15 is 0 Å². The molecule has 1 aromatic rings. The van der Waals surface area contributed by atoms with E-state index in [4.69, 9.17) is 0 Å². The fourth-order valence-corrected chi connectivity index (χ4v) is 0.931. The number of aryl methyl sites for hydroxylation is 1. The third-order valence-electron chi connectivity index (χ3n) is 1.60. The number of phenols is 1. The highest BCUT2D eigenvalue weighted by Crippen LogP contribution is 2.23. The van der Waals surface area contributed by atoms with Crippen LogP contribution < -0.4 is 5.32 Å². The maximum absolute atomic E-state index is 10.9. The minimum Gasteiger partial charge on any atom is -0.506 e. The van der Waals surface area contributed by atoms with Crippen molar-refractivity contribution in [1.29, 1.82) is 0 Å². The molecule has 0 saturated heterocycles. The second-order valence-corrected chi connectivity index (χ2v) is 2.71. The van der Waals surface area contributed by atoms with Gasteiger partial charge in [-0.2, -0.15) is 0 Å². The molecule has 68 valence electrons. The van der Waals surface area contributed by atoms with Crippen molar-refractivity contribution in [2.24, 2.45) is 0 Å². The van der Waals surface area contributed by atoms with Gasteiger partial charge < -0.3 is 10.4 Å². The van der Waals surface area contributed by atoms with Crippen LogP contribution in [0.4, 0.5) is 5.69 Å². The molecule has 0 spiro atoms. The van der Waals surface area contributed by atoms with Crippen molar-refractivity contribution in [2.75, 3.05) is 5.32 Å². The van der Waals surface area contributed by atoms with Crippen LogP contribution in [0, 0.1) is 6.92 Å². The van der Waals surface area contributed by atoms with E-state index in [9.17, 15) is 9.90 Å². The van der Waals surface area contributed by atoms with Gasteiger partial charge in [0.2, 0.25) is 5.91 Å². The van der Waals surface area contributed by atoms with Gasteiger partial charge in [0.25, 0.3) is 0 Å². The van der Waals surface area contributed by atoms with Gasteiger partial charge >= 0.3 is 0 Å². The number of aromatic hydroxyl groups is 1. The average Bonchev–Trinajstić information content (AvgIpc) is 2.09. The lowest BCUT2D eigenvalue weighted by Gasteiger charge is -2.05. The van der Waals surface area contributed by atoms with E-state index in [1.54, 1.807) is 18.2 Å². The zero-order valence-corrected chi connectivity index (χ0v) is 7.37. The third kappa shape index (κ3) is 2.33. The maximum Gasteiger partial charge on any atom is 0.247 e. The molecule has 13 heavy (non-hydrogen) atoms. The Morgan fingerprint density at radius 1 is 1.62 bits per heavy atom. The quantitative estimate of drug-likeness (QED) is 0.534. The molecule has 0 aliphatic rings. The molecule has 0 atom stereocenters. The standard InChI is InChI=1S/C10H11NO2/c1-3-10(13)11-8-5-4-7(2)6-9(8)12/h3-6,12H,1H2,2H3,(H,11,13). The molecular formula is C10H11NO2. The predicted octanol–water partition coefficient (Wildman–Crippen LogP) is 1.83. The molecule has 0 unspecified atom stereocenters. The number of anilines is 1. The molecule has 0 bridgehead atoms. The average molecular weight is 177 g/mol. The molecule has 0 saturated carbocycles. The number of hydrogen-bond acceptors (Lipinski definition) is 2. The van der Waals surface area contributed by atoms with Crippen molar-refractivity contribution in [1.82, 2.24) is 0 Å². The summed E-state index contributed by atoms with van der Waals surface area (Å²) in [6.07, 6.45) is 1.15. The summed E-state index contributed by atoms with van der Waals surface area (Å²) in [6.45, 7) is 5.17. The van der Waals surface area contributed by atoms with Gasteiger partial charge in [0.05, 0.1) is 5.69 Å². The number of phenolic OH excluding ortho intramolecular Hbond substituents is 1. The van der Waals surface area contributed by atoms with Gasteiger partial charge in [0.15, 0.2) is 0 Å². The van der Waals surface area contributed by atoms with E-state index in [2.05, 4.69) is 11.9 Å². The van der Waals surface area contributed by atoms with Crippen LogP contribution >= 0.6 is 0 Å². The van der Waals surface area contributed by atoms with Crippen molar-refractivity contribution >= 4 is 11.6 Å². The molecule has 0 heterocycles. The fraction of sp³-hybridized carbons (Fsp3) is 0.100. The van der Waals surface area contributed by atoms with Crippen LogP contribution in [0.15, 0.2) is 30.9 Å². The van der Waals surface area contributed by atoms with Crippen LogP contribution in [0.25, 0.3) is 0 Å². The first kappa shape index (κ1) is 9.32. The molecule has 0 aliphatic heterocycles. The Kier molecular flexibility index (Phi) is 2.69. The molecule has 3 heteroatoms. The zero-order valence-electron chi connectivity index (χ0n) is 7.37. The number of benzene rings is 1. The Balaban J connectivity index is 2.89. The Morgan fingerprint density at radius 3 is 2.85 bits per heavy atom. The van der Waals surface area contributed by atoms with E-state index in [0.717, 1.165) is 11.6 Å². The van der Waals surface area contributed by atoms with Crippen LogP contribution in [0.2, 0.25) is 0 Å². The Hall–Kier alpha value is -1.77. The summed E-state index contributed by atoms with van der Waals surface area (Å²) in [5.41, 5.74) is 1.34. The number of amides is 1. The first-order valence-corrected chi connectivity index (χ1v) is 3.86. The molecule has 0 aliphatic carbocycles. The summed E-state index contributed by atoms with van der Waals surface area (Å²) >= 11 is 0. The molecule has 0 aromatic heterocycles. The minimum atomic E-state index is -0.334. The van der Waals surface area contributed by atoms with Gasteiger partial charge in [0.1, 0.15) is 5.75 Å². The first-order chi connectivity index (χ1) is 6.13. The van der Waals surface area contributed by atoms with E-state index < -0.39 is 0 Å². The van der Waals surface area contributed by atoms with Crippen molar-refractivity contribution in [3.05, 3.63) is 36.4 Å². The van der Waals surface area contributed by atoms with E-state index in [1.165, 1.54) is 0 Å². The molecule has 0 radical (unpaired) electrons. The summed E-state index contributed by atoms with van der Waals surface area (Å²) in [6, 6.07) is 5.03. The topological polar surface area (TPSA) is 49.3 Å². The highest BCUT2D eigenvalue weighted by Gasteiger charge is 2.02. The Morgan fingerprint density at radius 2 is 2.31 bits per heavy atom. The molecule has 2 N–H and O–H groups in total. The SMILES string of the molecule is C=CC(=O)Nc1ccc(C)cc1O. The first-order valence-electron chi connectivity index (χ1n) is 3.86. The van der Waals surface area contributed by atoms with E-state index in [-0.39, 0.29) is 11.7 Å². The lowest BCUT2D eigenvalue weighted by Crippen LogP contribution is -2.07. The fourth-order valence-electron chi connectivity index (χ4n) is 0.931. The Bertz CT molecular complexity index is 345. The molecule has 0 fully saturated rings. The highest BCUT2D eigenvalue weighted by molar-refractivity contribution is 5.99. The van der Waals surface area contributed by atoms with Gasteiger partial charge in [-0.25, -0.2) is 0 Å². The second kappa shape index (κ2) is 3.76. The number of carbonyl (C=O) groups excluding carboxylic acids is 1. The van der Waals surface area contributed by atoms with Gasteiger partial charge in [-0.1, -0.05) is 12.6 Å². The number of rotatable bonds is 2. The molecule has 3 nitrogen and oxygen atoms in total. The van der Waals surface area contributed by atoms with Gasteiger partial charge in [-0.15, -0.1) is 0 Å². The van der Waals surface area contributed by atoms with Gasteiger partial charge in [-0.3, -0.25) is 4.79 Å². The lowest BCUT2D eigenvalue weighted by atomic mass is 10.2. The van der Waals surface area contributed by atoms with E-state index in [0.29, 0.717) is 5.69 Å². The van der Waals surface area contributed by atoms with Crippen LogP contribution in [0.1, 0.15) is 5.56 Å². The minimum absolute atomic E-state index is 0.0650. The van der Waals surface area contributed by atoms with Crippen LogP contribution in [-0.4, -0.2) is 11.0 Å². The van der Waals surface area contributed by atoms with Crippen molar-refractivity contribution < 1.29 is 9.90 Å². The molecule has 1 amide bonds. The number of hydrogen-bond donors (Lipinski definition) is 2. The third-order valence-corrected chi connectivity index (χ3v) is 1.60. The van der Waals surface area contributed by atoms with Crippen LogP contribution in [-0.2, 0) is 4.79 Å².